The Hall–Kier alpha value is -1.10. The van der Waals surface area contributed by atoms with E-state index in [1.807, 2.05) is 13.8 Å². The highest BCUT2D eigenvalue weighted by Crippen LogP contribution is 1.79. The van der Waals surface area contributed by atoms with Crippen LogP contribution in [0.1, 0.15) is 13.8 Å². The number of carbonyl (C=O) groups excluding carboxylic acids is 2. The summed E-state index contributed by atoms with van der Waals surface area (Å²) in [5.74, 6) is -0.821. The minimum absolute atomic E-state index is 0.0784. The van der Waals surface area contributed by atoms with Gasteiger partial charge in [0.15, 0.2) is 0 Å². The van der Waals surface area contributed by atoms with Crippen LogP contribution >= 0.6 is 0 Å². The largest absolute Gasteiger partial charge is 0.368 e. The van der Waals surface area contributed by atoms with Crippen LogP contribution in [-0.4, -0.2) is 31.1 Å². The maximum Gasteiger partial charge on any atom is 0.246 e. The zero-order chi connectivity index (χ0) is 9.56. The van der Waals surface area contributed by atoms with E-state index in [2.05, 4.69) is 10.1 Å². The van der Waals surface area contributed by atoms with Crippen molar-refractivity contribution < 1.29 is 14.3 Å². The van der Waals surface area contributed by atoms with Crippen molar-refractivity contribution in [2.24, 2.45) is 5.73 Å². The SMILES string of the molecule is CC(C)NC(=O)COCC(N)=O. The molecule has 0 fully saturated rings. The highest BCUT2D eigenvalue weighted by molar-refractivity contribution is 5.78. The molecule has 0 unspecified atom stereocenters. The number of nitrogens with one attached hydrogen (secondary N) is 1. The number of hydrogen-bond acceptors (Lipinski definition) is 3. The monoisotopic (exact) mass is 174 g/mol. The van der Waals surface area contributed by atoms with Crippen LogP contribution in [0.3, 0.4) is 0 Å². The fourth-order valence-corrected chi connectivity index (χ4v) is 0.608. The standard InChI is InChI=1S/C7H14N2O3/c1-5(2)9-7(11)4-12-3-6(8)10/h5H,3-4H2,1-2H3,(H2,8,10)(H,9,11). The van der Waals surface area contributed by atoms with E-state index in [9.17, 15) is 9.59 Å². The first kappa shape index (κ1) is 10.9. The Bertz CT molecular complexity index is 168. The van der Waals surface area contributed by atoms with Gasteiger partial charge in [0.25, 0.3) is 0 Å². The topological polar surface area (TPSA) is 81.4 Å². The normalized spacial score (nSPS) is 9.92. The van der Waals surface area contributed by atoms with Crippen LogP contribution in [-0.2, 0) is 14.3 Å². The van der Waals surface area contributed by atoms with Gasteiger partial charge in [-0.25, -0.2) is 0 Å². The molecule has 0 saturated carbocycles. The van der Waals surface area contributed by atoms with Crippen molar-refractivity contribution in [1.82, 2.24) is 5.32 Å². The lowest BCUT2D eigenvalue weighted by molar-refractivity contribution is -0.129. The molecule has 0 aliphatic rings. The predicted molar refractivity (Wildman–Crippen MR) is 43.3 cm³/mol. The van der Waals surface area contributed by atoms with Gasteiger partial charge in [0, 0.05) is 6.04 Å². The van der Waals surface area contributed by atoms with Gasteiger partial charge in [0.2, 0.25) is 11.8 Å². The number of nitrogens with two attached hydrogens (primary N) is 1. The van der Waals surface area contributed by atoms with Crippen LogP contribution in [0.2, 0.25) is 0 Å². The number of rotatable bonds is 5. The average Bonchev–Trinajstić information content (AvgIpc) is 1.84. The van der Waals surface area contributed by atoms with Crippen LogP contribution in [0.5, 0.6) is 0 Å². The molecule has 0 aliphatic carbocycles. The molecule has 2 amide bonds. The Labute approximate surface area is 71.3 Å². The molecule has 0 heterocycles. The average molecular weight is 174 g/mol. The summed E-state index contributed by atoms with van der Waals surface area (Å²) >= 11 is 0. The van der Waals surface area contributed by atoms with Crippen LogP contribution in [0.25, 0.3) is 0 Å². The molecule has 0 aliphatic heterocycles. The summed E-state index contributed by atoms with van der Waals surface area (Å²) in [5, 5.41) is 2.60. The Morgan fingerprint density at radius 3 is 2.42 bits per heavy atom. The summed E-state index contributed by atoms with van der Waals surface area (Å²) in [7, 11) is 0. The van der Waals surface area contributed by atoms with Crippen LogP contribution < -0.4 is 11.1 Å². The summed E-state index contributed by atoms with van der Waals surface area (Å²) in [5.41, 5.74) is 4.78. The van der Waals surface area contributed by atoms with E-state index in [-0.39, 0.29) is 25.2 Å². The highest BCUT2D eigenvalue weighted by atomic mass is 16.5. The Balaban J connectivity index is 3.38. The van der Waals surface area contributed by atoms with Crippen molar-refractivity contribution in [3.63, 3.8) is 0 Å². The predicted octanol–water partition coefficient (Wildman–Crippen LogP) is -0.987. The molecule has 0 aromatic carbocycles. The molecular formula is C7H14N2O3. The van der Waals surface area contributed by atoms with Gasteiger partial charge in [0.05, 0.1) is 0 Å². The third-order valence-corrected chi connectivity index (χ3v) is 0.927. The smallest absolute Gasteiger partial charge is 0.246 e. The van der Waals surface area contributed by atoms with E-state index in [1.54, 1.807) is 0 Å². The van der Waals surface area contributed by atoms with Crippen molar-refractivity contribution in [2.45, 2.75) is 19.9 Å². The van der Waals surface area contributed by atoms with Gasteiger partial charge in [0.1, 0.15) is 13.2 Å². The van der Waals surface area contributed by atoms with Crippen molar-refractivity contribution in [2.75, 3.05) is 13.2 Å². The zero-order valence-electron chi connectivity index (χ0n) is 7.29. The molecule has 0 atom stereocenters. The third kappa shape index (κ3) is 7.01. The maximum absolute atomic E-state index is 10.8. The first-order valence-electron chi connectivity index (χ1n) is 3.67. The van der Waals surface area contributed by atoms with E-state index < -0.39 is 5.91 Å². The summed E-state index contributed by atoms with van der Waals surface area (Å²) in [6.45, 7) is 3.34. The number of amides is 2. The number of ether oxygens (including phenoxy) is 1. The second-order valence-electron chi connectivity index (χ2n) is 2.68. The van der Waals surface area contributed by atoms with E-state index in [0.29, 0.717) is 0 Å². The number of hydrogen-bond donors (Lipinski definition) is 2. The molecule has 0 radical (unpaired) electrons. The van der Waals surface area contributed by atoms with Gasteiger partial charge in [-0.05, 0) is 13.8 Å². The highest BCUT2D eigenvalue weighted by Gasteiger charge is 2.03. The number of carbonyl (C=O) groups is 2. The van der Waals surface area contributed by atoms with Gasteiger partial charge in [-0.15, -0.1) is 0 Å². The van der Waals surface area contributed by atoms with E-state index in [4.69, 9.17) is 5.73 Å². The van der Waals surface area contributed by atoms with Crippen molar-refractivity contribution >= 4 is 11.8 Å². The molecule has 0 bridgehead atoms. The molecule has 3 N–H and O–H groups in total. The maximum atomic E-state index is 10.8. The van der Waals surface area contributed by atoms with Crippen molar-refractivity contribution in [1.29, 1.82) is 0 Å². The second-order valence-corrected chi connectivity index (χ2v) is 2.68. The van der Waals surface area contributed by atoms with E-state index >= 15 is 0 Å². The van der Waals surface area contributed by atoms with Gasteiger partial charge in [-0.1, -0.05) is 0 Å². The molecule has 12 heavy (non-hydrogen) atoms. The van der Waals surface area contributed by atoms with Crippen LogP contribution in [0, 0.1) is 0 Å². The third-order valence-electron chi connectivity index (χ3n) is 0.927. The minimum Gasteiger partial charge on any atom is -0.368 e. The lowest BCUT2D eigenvalue weighted by atomic mass is 10.4. The van der Waals surface area contributed by atoms with Gasteiger partial charge in [-0.2, -0.15) is 0 Å². The number of primary amides is 1. The molecule has 0 spiro atoms. The molecule has 5 nitrogen and oxygen atoms in total. The van der Waals surface area contributed by atoms with E-state index in [1.165, 1.54) is 0 Å². The van der Waals surface area contributed by atoms with Crippen molar-refractivity contribution in [3.05, 3.63) is 0 Å². The summed E-state index contributed by atoms with van der Waals surface area (Å²) in [6.07, 6.45) is 0. The Kier molecular flexibility index (Phi) is 5.03. The minimum atomic E-state index is -0.577. The second kappa shape index (κ2) is 5.54. The fourth-order valence-electron chi connectivity index (χ4n) is 0.608. The van der Waals surface area contributed by atoms with Crippen LogP contribution in [0.15, 0.2) is 0 Å². The van der Waals surface area contributed by atoms with Crippen LogP contribution in [0.4, 0.5) is 0 Å². The molecule has 0 aromatic rings. The summed E-state index contributed by atoms with van der Waals surface area (Å²) in [4.78, 5) is 21.0. The fraction of sp³-hybridized carbons (Fsp3) is 0.714. The summed E-state index contributed by atoms with van der Waals surface area (Å²) < 4.78 is 4.67. The first-order chi connectivity index (χ1) is 5.52. The first-order valence-corrected chi connectivity index (χ1v) is 3.67. The molecule has 70 valence electrons. The molecule has 0 aromatic heterocycles. The lowest BCUT2D eigenvalue weighted by Crippen LogP contribution is -2.34. The molecule has 0 saturated heterocycles. The molecule has 0 rings (SSSR count). The quantitative estimate of drug-likeness (QED) is 0.561. The Morgan fingerprint density at radius 1 is 1.42 bits per heavy atom. The van der Waals surface area contributed by atoms with E-state index in [0.717, 1.165) is 0 Å². The lowest BCUT2D eigenvalue weighted by Gasteiger charge is -2.07. The Morgan fingerprint density at radius 2 is 2.00 bits per heavy atom. The molecular weight excluding hydrogens is 160 g/mol. The molecule has 5 heteroatoms. The van der Waals surface area contributed by atoms with Gasteiger partial charge in [-0.3, -0.25) is 9.59 Å². The zero-order valence-corrected chi connectivity index (χ0v) is 7.29. The van der Waals surface area contributed by atoms with Gasteiger partial charge < -0.3 is 15.8 Å². The summed E-state index contributed by atoms with van der Waals surface area (Å²) in [6, 6.07) is 0.0784. The van der Waals surface area contributed by atoms with Crippen molar-refractivity contribution in [3.8, 4) is 0 Å². The van der Waals surface area contributed by atoms with Gasteiger partial charge >= 0.3 is 0 Å².